The number of nitrogens with zero attached hydrogens (tertiary/aromatic N) is 2. The van der Waals surface area contributed by atoms with E-state index in [9.17, 15) is 13.2 Å². The lowest BCUT2D eigenvalue weighted by molar-refractivity contribution is -0.192. The van der Waals surface area contributed by atoms with E-state index in [2.05, 4.69) is 28.1 Å². The zero-order valence-electron chi connectivity index (χ0n) is 13.3. The molecule has 1 aliphatic heterocycles. The molecule has 0 aliphatic carbocycles. The largest absolute Gasteiger partial charge is 0.490 e. The molecule has 1 aliphatic rings. The van der Waals surface area contributed by atoms with Crippen molar-refractivity contribution in [2.24, 2.45) is 0 Å². The first-order chi connectivity index (χ1) is 11.2. The molecule has 0 unspecified atom stereocenters. The second-order valence-electron chi connectivity index (χ2n) is 5.60. The minimum atomic E-state index is -5.08. The molecule has 2 aromatic heterocycles. The molecular formula is C15H18F3N3O3. The first-order valence-corrected chi connectivity index (χ1v) is 7.26. The van der Waals surface area contributed by atoms with Gasteiger partial charge in [0.2, 0.25) is 0 Å². The van der Waals surface area contributed by atoms with Gasteiger partial charge in [0.15, 0.2) is 0 Å². The van der Waals surface area contributed by atoms with Gasteiger partial charge in [-0.05, 0) is 25.5 Å². The van der Waals surface area contributed by atoms with Crippen LogP contribution in [0.15, 0.2) is 16.7 Å². The number of aromatic amines is 1. The van der Waals surface area contributed by atoms with Gasteiger partial charge in [0.25, 0.3) is 0 Å². The van der Waals surface area contributed by atoms with E-state index >= 15 is 0 Å². The average molecular weight is 345 g/mol. The van der Waals surface area contributed by atoms with Crippen LogP contribution >= 0.6 is 0 Å². The Morgan fingerprint density at radius 3 is 2.67 bits per heavy atom. The first kappa shape index (κ1) is 18.1. The Morgan fingerprint density at radius 2 is 2.12 bits per heavy atom. The van der Waals surface area contributed by atoms with Crippen LogP contribution in [0, 0.1) is 13.8 Å². The number of aromatic nitrogens is 2. The fourth-order valence-corrected chi connectivity index (χ4v) is 2.47. The summed E-state index contributed by atoms with van der Waals surface area (Å²) in [5, 5.41) is 14.3. The van der Waals surface area contributed by atoms with Gasteiger partial charge in [-0.1, -0.05) is 0 Å². The van der Waals surface area contributed by atoms with Gasteiger partial charge in [-0.2, -0.15) is 18.3 Å². The second-order valence-corrected chi connectivity index (χ2v) is 5.60. The highest BCUT2D eigenvalue weighted by molar-refractivity contribution is 5.73. The number of hydrogen-bond acceptors (Lipinski definition) is 4. The predicted octanol–water partition coefficient (Wildman–Crippen LogP) is 2.81. The fraction of sp³-hybridized carbons (Fsp3) is 0.467. The van der Waals surface area contributed by atoms with Crippen LogP contribution in [-0.2, 0) is 24.3 Å². The molecule has 2 N–H and O–H groups in total. The van der Waals surface area contributed by atoms with Gasteiger partial charge >= 0.3 is 12.1 Å². The molecule has 0 atom stereocenters. The van der Waals surface area contributed by atoms with Crippen LogP contribution in [0.25, 0.3) is 0 Å². The van der Waals surface area contributed by atoms with Gasteiger partial charge in [0.1, 0.15) is 11.5 Å². The van der Waals surface area contributed by atoms with E-state index < -0.39 is 12.1 Å². The lowest BCUT2D eigenvalue weighted by Gasteiger charge is -2.25. The molecule has 0 radical (unpaired) electrons. The molecule has 0 spiro atoms. The van der Waals surface area contributed by atoms with Crippen molar-refractivity contribution >= 4 is 5.97 Å². The number of alkyl halides is 3. The average Bonchev–Trinajstić information content (AvgIpc) is 3.05. The van der Waals surface area contributed by atoms with Crippen LogP contribution in [0.1, 0.15) is 28.3 Å². The van der Waals surface area contributed by atoms with Gasteiger partial charge < -0.3 is 9.52 Å². The number of halogens is 3. The maximum atomic E-state index is 10.6. The molecule has 0 bridgehead atoms. The van der Waals surface area contributed by atoms with Crippen molar-refractivity contribution < 1.29 is 27.5 Å². The monoisotopic (exact) mass is 345 g/mol. The quantitative estimate of drug-likeness (QED) is 0.875. The van der Waals surface area contributed by atoms with E-state index in [1.54, 1.807) is 0 Å². The third kappa shape index (κ3) is 4.60. The number of nitrogens with one attached hydrogen (secondary N) is 1. The van der Waals surface area contributed by atoms with E-state index in [1.165, 1.54) is 16.8 Å². The summed E-state index contributed by atoms with van der Waals surface area (Å²) in [5.74, 6) is -0.666. The smallest absolute Gasteiger partial charge is 0.475 e. The molecule has 132 valence electrons. The number of aliphatic carboxylic acids is 1. The van der Waals surface area contributed by atoms with Crippen molar-refractivity contribution in [1.82, 2.24) is 15.1 Å². The third-order valence-electron chi connectivity index (χ3n) is 3.63. The summed E-state index contributed by atoms with van der Waals surface area (Å²) in [7, 11) is 0. The van der Waals surface area contributed by atoms with Crippen molar-refractivity contribution in [3.63, 3.8) is 0 Å². The molecule has 0 saturated heterocycles. The SMILES string of the molecule is Cc1cc(C)c(CN2CCc3[nH]ncc3C2)o1.O=C(O)C(F)(F)F. The minimum Gasteiger partial charge on any atom is -0.475 e. The Hall–Kier alpha value is -2.29. The summed E-state index contributed by atoms with van der Waals surface area (Å²) in [6, 6.07) is 2.10. The van der Waals surface area contributed by atoms with Crippen LogP contribution in [0.5, 0.6) is 0 Å². The Labute approximate surface area is 136 Å². The van der Waals surface area contributed by atoms with Crippen LogP contribution in [-0.4, -0.2) is 38.9 Å². The van der Waals surface area contributed by atoms with Crippen LogP contribution < -0.4 is 0 Å². The van der Waals surface area contributed by atoms with E-state index in [-0.39, 0.29) is 0 Å². The molecule has 6 nitrogen and oxygen atoms in total. The van der Waals surface area contributed by atoms with Gasteiger partial charge in [-0.15, -0.1) is 0 Å². The summed E-state index contributed by atoms with van der Waals surface area (Å²) in [5.41, 5.74) is 3.85. The molecule has 0 amide bonds. The molecule has 3 rings (SSSR count). The highest BCUT2D eigenvalue weighted by Crippen LogP contribution is 2.21. The summed E-state index contributed by atoms with van der Waals surface area (Å²) in [4.78, 5) is 11.3. The lowest BCUT2D eigenvalue weighted by atomic mass is 10.1. The molecule has 3 heterocycles. The van der Waals surface area contributed by atoms with Gasteiger partial charge in [-0.25, -0.2) is 4.79 Å². The van der Waals surface area contributed by atoms with Crippen LogP contribution in [0.2, 0.25) is 0 Å². The number of carboxylic acids is 1. The zero-order chi connectivity index (χ0) is 17.9. The van der Waals surface area contributed by atoms with Crippen LogP contribution in [0.4, 0.5) is 13.2 Å². The van der Waals surface area contributed by atoms with E-state index in [0.717, 1.165) is 37.6 Å². The number of carboxylic acid groups (broad SMARTS) is 1. The van der Waals surface area contributed by atoms with Crippen LogP contribution in [0.3, 0.4) is 0 Å². The number of fused-ring (bicyclic) bond motifs is 1. The first-order valence-electron chi connectivity index (χ1n) is 7.26. The zero-order valence-corrected chi connectivity index (χ0v) is 13.3. The predicted molar refractivity (Wildman–Crippen MR) is 78.3 cm³/mol. The van der Waals surface area contributed by atoms with E-state index in [1.807, 2.05) is 13.1 Å². The second kappa shape index (κ2) is 7.08. The number of carbonyl (C=O) groups is 1. The third-order valence-corrected chi connectivity index (χ3v) is 3.63. The number of H-pyrrole nitrogens is 1. The summed E-state index contributed by atoms with van der Waals surface area (Å²) < 4.78 is 37.5. The molecule has 0 fully saturated rings. The summed E-state index contributed by atoms with van der Waals surface area (Å²) in [6.07, 6.45) is -2.10. The standard InChI is InChI=1S/C13H17N3O.C2HF3O2/c1-9-5-10(2)17-13(9)8-16-4-3-12-11(7-16)6-14-15-12;3-2(4,5)1(6)7/h5-6H,3-4,7-8H2,1-2H3,(H,14,15);(H,6,7). The lowest BCUT2D eigenvalue weighted by Crippen LogP contribution is -2.29. The number of hydrogen-bond donors (Lipinski definition) is 2. The Balaban J connectivity index is 0.000000256. The highest BCUT2D eigenvalue weighted by atomic mass is 19.4. The Bertz CT molecular complexity index is 706. The van der Waals surface area contributed by atoms with Gasteiger partial charge in [-0.3, -0.25) is 10.00 Å². The maximum Gasteiger partial charge on any atom is 0.490 e. The molecular weight excluding hydrogens is 327 g/mol. The number of rotatable bonds is 2. The van der Waals surface area contributed by atoms with Crippen molar-refractivity contribution in [1.29, 1.82) is 0 Å². The molecule has 2 aromatic rings. The number of furan rings is 1. The molecule has 9 heteroatoms. The van der Waals surface area contributed by atoms with Crippen molar-refractivity contribution in [3.8, 4) is 0 Å². The van der Waals surface area contributed by atoms with Gasteiger partial charge in [0.05, 0.1) is 12.7 Å². The topological polar surface area (TPSA) is 82.4 Å². The van der Waals surface area contributed by atoms with Gasteiger partial charge in [0, 0.05) is 30.8 Å². The molecule has 0 saturated carbocycles. The molecule has 0 aromatic carbocycles. The summed E-state index contributed by atoms with van der Waals surface area (Å²) in [6.45, 7) is 7.03. The Morgan fingerprint density at radius 1 is 1.46 bits per heavy atom. The van der Waals surface area contributed by atoms with Crippen molar-refractivity contribution in [2.45, 2.75) is 39.5 Å². The van der Waals surface area contributed by atoms with E-state index in [4.69, 9.17) is 14.3 Å². The molecule has 24 heavy (non-hydrogen) atoms. The maximum absolute atomic E-state index is 10.6. The summed E-state index contributed by atoms with van der Waals surface area (Å²) >= 11 is 0. The highest BCUT2D eigenvalue weighted by Gasteiger charge is 2.38. The number of aryl methyl sites for hydroxylation is 2. The fourth-order valence-electron chi connectivity index (χ4n) is 2.47. The normalized spacial score (nSPS) is 14.7. The minimum absolute atomic E-state index is 0.893. The van der Waals surface area contributed by atoms with E-state index in [0.29, 0.717) is 0 Å². The van der Waals surface area contributed by atoms with Crippen molar-refractivity contribution in [2.75, 3.05) is 6.54 Å². The van der Waals surface area contributed by atoms with Crippen molar-refractivity contribution in [3.05, 3.63) is 40.6 Å². The Kier molecular flexibility index (Phi) is 5.33.